The average Bonchev–Trinajstić information content (AvgIpc) is 2.33. The smallest absolute Gasteiger partial charge is 0.264 e. The van der Waals surface area contributed by atoms with Crippen molar-refractivity contribution in [3.8, 4) is 5.75 Å². The van der Waals surface area contributed by atoms with Crippen LogP contribution in [0.25, 0.3) is 0 Å². The zero-order valence-electron chi connectivity index (χ0n) is 10.5. The third kappa shape index (κ3) is 4.49. The van der Waals surface area contributed by atoms with Crippen molar-refractivity contribution >= 4 is 21.5 Å². The largest absolute Gasteiger partial charge is 0.505 e. The highest BCUT2D eigenvalue weighted by Crippen LogP contribution is 2.36. The van der Waals surface area contributed by atoms with Gasteiger partial charge in [0.1, 0.15) is 5.75 Å². The minimum Gasteiger partial charge on any atom is -0.505 e. The lowest BCUT2D eigenvalue weighted by Crippen LogP contribution is -2.25. The molecule has 0 fully saturated rings. The molecule has 0 heterocycles. The van der Waals surface area contributed by atoms with Gasteiger partial charge in [0.25, 0.3) is 10.1 Å². The normalized spacial score (nSPS) is 11.3. The minimum atomic E-state index is -4.00. The minimum absolute atomic E-state index is 0.0730. The Morgan fingerprint density at radius 2 is 2.05 bits per heavy atom. The van der Waals surface area contributed by atoms with Crippen LogP contribution in [0.2, 0.25) is 0 Å². The van der Waals surface area contributed by atoms with Gasteiger partial charge in [-0.05, 0) is 30.7 Å². The quantitative estimate of drug-likeness (QED) is 0.586. The summed E-state index contributed by atoms with van der Waals surface area (Å²) in [6, 6.07) is 4.55. The fourth-order valence-electron chi connectivity index (χ4n) is 1.75. The van der Waals surface area contributed by atoms with E-state index in [9.17, 15) is 18.4 Å². The van der Waals surface area contributed by atoms with E-state index in [1.165, 1.54) is 6.07 Å². The SMILES string of the molecule is CCN(CCCS(=O)(=O)O)c1cccc(O)c1N=O. The van der Waals surface area contributed by atoms with Crippen LogP contribution in [0.5, 0.6) is 5.75 Å². The van der Waals surface area contributed by atoms with E-state index in [0.29, 0.717) is 18.8 Å². The van der Waals surface area contributed by atoms with Crippen LogP contribution in [0.4, 0.5) is 11.4 Å². The molecule has 1 aromatic rings. The first kappa shape index (κ1) is 15.4. The number of phenolic OH excluding ortho intramolecular Hbond substituents is 1. The Balaban J connectivity index is 2.86. The molecule has 0 amide bonds. The maximum Gasteiger partial charge on any atom is 0.264 e. The van der Waals surface area contributed by atoms with E-state index in [1.807, 2.05) is 6.92 Å². The molecule has 0 spiro atoms. The summed E-state index contributed by atoms with van der Waals surface area (Å²) in [6.07, 6.45) is 0.209. The van der Waals surface area contributed by atoms with Gasteiger partial charge in [0.05, 0.1) is 11.4 Å². The summed E-state index contributed by atoms with van der Waals surface area (Å²) in [5.74, 6) is -0.577. The van der Waals surface area contributed by atoms with Crippen LogP contribution in [-0.2, 0) is 10.1 Å². The molecule has 0 radical (unpaired) electrons. The Labute approximate surface area is 111 Å². The Kier molecular flexibility index (Phi) is 5.25. The molecule has 0 bridgehead atoms. The van der Waals surface area contributed by atoms with E-state index in [4.69, 9.17) is 4.55 Å². The Bertz CT molecular complexity index is 544. The van der Waals surface area contributed by atoms with Crippen LogP contribution < -0.4 is 4.90 Å². The predicted molar refractivity (Wildman–Crippen MR) is 72.5 cm³/mol. The first-order chi connectivity index (χ1) is 8.89. The lowest BCUT2D eigenvalue weighted by molar-refractivity contribution is 0.476. The van der Waals surface area contributed by atoms with E-state index < -0.39 is 10.1 Å². The number of hydrogen-bond acceptors (Lipinski definition) is 6. The van der Waals surface area contributed by atoms with E-state index in [1.54, 1.807) is 17.0 Å². The molecule has 0 aliphatic carbocycles. The molecular weight excluding hydrogens is 272 g/mol. The molecule has 0 atom stereocenters. The Hall–Kier alpha value is -1.67. The molecule has 2 N–H and O–H groups in total. The molecule has 0 aliphatic rings. The first-order valence-corrected chi connectivity index (χ1v) is 7.35. The lowest BCUT2D eigenvalue weighted by atomic mass is 10.2. The van der Waals surface area contributed by atoms with Crippen molar-refractivity contribution in [3.05, 3.63) is 23.1 Å². The third-order valence-corrected chi connectivity index (χ3v) is 3.44. The molecule has 0 saturated carbocycles. The van der Waals surface area contributed by atoms with Gasteiger partial charge in [-0.1, -0.05) is 6.07 Å². The van der Waals surface area contributed by atoms with E-state index >= 15 is 0 Å². The first-order valence-electron chi connectivity index (χ1n) is 5.74. The molecule has 7 nitrogen and oxygen atoms in total. The summed E-state index contributed by atoms with van der Waals surface area (Å²) in [4.78, 5) is 12.4. The second-order valence-electron chi connectivity index (χ2n) is 3.96. The standard InChI is InChI=1S/C11H16N2O5S/c1-2-13(7-4-8-19(16,17)18)9-5-3-6-10(14)11(9)12-15/h3,5-6,14H,2,4,7-8H2,1H3,(H,16,17,18). The van der Waals surface area contributed by atoms with Crippen molar-refractivity contribution in [2.75, 3.05) is 23.7 Å². The van der Waals surface area contributed by atoms with Crippen molar-refractivity contribution in [1.82, 2.24) is 0 Å². The Morgan fingerprint density at radius 1 is 1.37 bits per heavy atom. The van der Waals surface area contributed by atoms with Gasteiger partial charge in [-0.25, -0.2) is 0 Å². The number of nitroso groups, excluding NO2 is 1. The van der Waals surface area contributed by atoms with Crippen LogP contribution in [0.1, 0.15) is 13.3 Å². The van der Waals surface area contributed by atoms with Gasteiger partial charge in [0, 0.05) is 13.1 Å². The van der Waals surface area contributed by atoms with E-state index in [2.05, 4.69) is 5.18 Å². The number of benzene rings is 1. The predicted octanol–water partition coefficient (Wildman–Crippen LogP) is 1.89. The second kappa shape index (κ2) is 6.48. The van der Waals surface area contributed by atoms with Crippen molar-refractivity contribution in [3.63, 3.8) is 0 Å². The maximum atomic E-state index is 10.7. The summed E-state index contributed by atoms with van der Waals surface area (Å²) >= 11 is 0. The van der Waals surface area contributed by atoms with Crippen LogP contribution in [0.15, 0.2) is 23.4 Å². The van der Waals surface area contributed by atoms with Gasteiger partial charge in [-0.2, -0.15) is 8.42 Å². The molecule has 0 aliphatic heterocycles. The topological polar surface area (TPSA) is 107 Å². The highest BCUT2D eigenvalue weighted by Gasteiger charge is 2.14. The van der Waals surface area contributed by atoms with Gasteiger partial charge in [-0.15, -0.1) is 4.91 Å². The molecule has 1 aromatic carbocycles. The number of rotatable bonds is 7. The highest BCUT2D eigenvalue weighted by atomic mass is 32.2. The average molecular weight is 288 g/mol. The van der Waals surface area contributed by atoms with Crippen molar-refractivity contribution in [2.24, 2.45) is 5.18 Å². The number of phenols is 1. The second-order valence-corrected chi connectivity index (χ2v) is 5.53. The van der Waals surface area contributed by atoms with Crippen molar-refractivity contribution < 1.29 is 18.1 Å². The summed E-state index contributed by atoms with van der Waals surface area (Å²) in [6.45, 7) is 2.66. The van der Waals surface area contributed by atoms with Crippen LogP contribution in [0.3, 0.4) is 0 Å². The van der Waals surface area contributed by atoms with Crippen molar-refractivity contribution in [2.45, 2.75) is 13.3 Å². The Morgan fingerprint density at radius 3 is 2.58 bits per heavy atom. The van der Waals surface area contributed by atoms with Gasteiger partial charge >= 0.3 is 0 Å². The molecule has 19 heavy (non-hydrogen) atoms. The number of hydrogen-bond donors (Lipinski definition) is 2. The van der Waals surface area contributed by atoms with Crippen LogP contribution in [0, 0.1) is 4.91 Å². The molecule has 0 saturated heterocycles. The molecular formula is C11H16N2O5S. The van der Waals surface area contributed by atoms with Gasteiger partial charge < -0.3 is 10.0 Å². The fraction of sp³-hybridized carbons (Fsp3) is 0.455. The highest BCUT2D eigenvalue weighted by molar-refractivity contribution is 7.85. The zero-order valence-corrected chi connectivity index (χ0v) is 11.3. The monoisotopic (exact) mass is 288 g/mol. The lowest BCUT2D eigenvalue weighted by Gasteiger charge is -2.23. The van der Waals surface area contributed by atoms with Crippen LogP contribution in [-0.4, -0.2) is 36.9 Å². The fourth-order valence-corrected chi connectivity index (χ4v) is 2.25. The molecule has 0 unspecified atom stereocenters. The number of aromatic hydroxyl groups is 1. The van der Waals surface area contributed by atoms with Gasteiger partial charge in [-0.3, -0.25) is 4.55 Å². The third-order valence-electron chi connectivity index (χ3n) is 2.64. The molecule has 106 valence electrons. The van der Waals surface area contributed by atoms with Gasteiger partial charge in [0.2, 0.25) is 0 Å². The zero-order chi connectivity index (χ0) is 14.5. The van der Waals surface area contributed by atoms with Gasteiger partial charge in [0.15, 0.2) is 5.69 Å². The summed E-state index contributed by atoms with van der Waals surface area (Å²) in [5.41, 5.74) is 0.365. The van der Waals surface area contributed by atoms with E-state index in [0.717, 1.165) is 0 Å². The summed E-state index contributed by atoms with van der Waals surface area (Å²) in [5, 5.41) is 12.3. The van der Waals surface area contributed by atoms with Crippen molar-refractivity contribution in [1.29, 1.82) is 0 Å². The molecule has 8 heteroatoms. The molecule has 0 aromatic heterocycles. The maximum absolute atomic E-state index is 10.7. The molecule has 1 rings (SSSR count). The number of anilines is 1. The summed E-state index contributed by atoms with van der Waals surface area (Å²) < 4.78 is 30.0. The number of nitrogens with zero attached hydrogens (tertiary/aromatic N) is 2. The van der Waals surface area contributed by atoms with Crippen LogP contribution >= 0.6 is 0 Å². The summed E-state index contributed by atoms with van der Waals surface area (Å²) in [7, 11) is -4.00. The van der Waals surface area contributed by atoms with E-state index in [-0.39, 0.29) is 23.6 Å².